The molecular weight excluding hydrogens is 338 g/mol. The summed E-state index contributed by atoms with van der Waals surface area (Å²) in [6.45, 7) is 2.09. The maximum absolute atomic E-state index is 12.5. The molecule has 0 fully saturated rings. The van der Waals surface area contributed by atoms with Crippen LogP contribution in [0.2, 0.25) is 0 Å². The number of aryl methyl sites for hydroxylation is 1. The Bertz CT molecular complexity index is 1190. The molecular formula is C22H21N3O2. The highest BCUT2D eigenvalue weighted by Gasteiger charge is 2.10. The highest BCUT2D eigenvalue weighted by atomic mass is 16.1. The number of amides is 1. The molecule has 0 bridgehead atoms. The summed E-state index contributed by atoms with van der Waals surface area (Å²) in [5.41, 5.74) is 4.32. The normalized spacial score (nSPS) is 11.1. The number of benzene rings is 2. The van der Waals surface area contributed by atoms with Gasteiger partial charge in [0.05, 0.1) is 11.9 Å². The molecule has 0 aliphatic heterocycles. The first-order chi connectivity index (χ1) is 13.1. The maximum atomic E-state index is 12.5. The van der Waals surface area contributed by atoms with Crippen LogP contribution < -0.4 is 10.9 Å². The molecule has 1 amide bonds. The third kappa shape index (κ3) is 3.49. The molecule has 0 radical (unpaired) electrons. The van der Waals surface area contributed by atoms with Crippen LogP contribution in [0.1, 0.15) is 24.5 Å². The smallest absolute Gasteiger partial charge is 0.248 e. The molecule has 4 rings (SSSR count). The van der Waals surface area contributed by atoms with Gasteiger partial charge >= 0.3 is 0 Å². The van der Waals surface area contributed by atoms with Crippen molar-refractivity contribution in [1.82, 2.24) is 9.97 Å². The Labute approximate surface area is 156 Å². The Kier molecular flexibility index (Phi) is 4.50. The number of fused-ring (bicyclic) bond motifs is 2. The molecule has 4 aromatic rings. The second kappa shape index (κ2) is 7.11. The third-order valence-corrected chi connectivity index (χ3v) is 4.76. The van der Waals surface area contributed by atoms with Crippen molar-refractivity contribution in [3.05, 3.63) is 76.2 Å². The van der Waals surface area contributed by atoms with Crippen LogP contribution in [-0.4, -0.2) is 15.9 Å². The number of pyridine rings is 1. The fourth-order valence-corrected chi connectivity index (χ4v) is 3.54. The van der Waals surface area contributed by atoms with Gasteiger partial charge in [0.15, 0.2) is 0 Å². The van der Waals surface area contributed by atoms with Crippen LogP contribution in [0, 0.1) is 0 Å². The van der Waals surface area contributed by atoms with E-state index in [1.165, 1.54) is 0 Å². The number of aromatic amines is 2. The van der Waals surface area contributed by atoms with Gasteiger partial charge in [-0.15, -0.1) is 0 Å². The Morgan fingerprint density at radius 3 is 2.67 bits per heavy atom. The van der Waals surface area contributed by atoms with Crippen molar-refractivity contribution in [2.75, 3.05) is 5.32 Å². The monoisotopic (exact) mass is 359 g/mol. The molecule has 5 heteroatoms. The summed E-state index contributed by atoms with van der Waals surface area (Å²) in [5, 5.41) is 5.01. The van der Waals surface area contributed by atoms with E-state index in [0.717, 1.165) is 45.8 Å². The van der Waals surface area contributed by atoms with Crippen LogP contribution in [0.3, 0.4) is 0 Å². The second-order valence-corrected chi connectivity index (χ2v) is 6.75. The van der Waals surface area contributed by atoms with E-state index >= 15 is 0 Å². The van der Waals surface area contributed by atoms with Crippen molar-refractivity contribution >= 4 is 33.4 Å². The quantitative estimate of drug-likeness (QED) is 0.501. The van der Waals surface area contributed by atoms with Crippen LogP contribution >= 0.6 is 0 Å². The van der Waals surface area contributed by atoms with Gasteiger partial charge in [-0.05, 0) is 35.7 Å². The van der Waals surface area contributed by atoms with Gasteiger partial charge < -0.3 is 15.3 Å². The summed E-state index contributed by atoms with van der Waals surface area (Å²) in [6, 6.07) is 15.2. The van der Waals surface area contributed by atoms with E-state index < -0.39 is 0 Å². The summed E-state index contributed by atoms with van der Waals surface area (Å²) in [4.78, 5) is 30.4. The fourth-order valence-electron chi connectivity index (χ4n) is 3.54. The first-order valence-corrected chi connectivity index (χ1v) is 9.15. The Morgan fingerprint density at radius 2 is 1.81 bits per heavy atom. The number of hydrogen-bond acceptors (Lipinski definition) is 2. The summed E-state index contributed by atoms with van der Waals surface area (Å²) in [7, 11) is 0. The van der Waals surface area contributed by atoms with E-state index in [4.69, 9.17) is 0 Å². The van der Waals surface area contributed by atoms with Crippen LogP contribution in [-0.2, 0) is 17.6 Å². The largest absolute Gasteiger partial charge is 0.361 e. The van der Waals surface area contributed by atoms with E-state index in [2.05, 4.69) is 22.2 Å². The first kappa shape index (κ1) is 17.1. The number of H-pyrrole nitrogens is 2. The molecule has 5 nitrogen and oxygen atoms in total. The van der Waals surface area contributed by atoms with Crippen molar-refractivity contribution < 1.29 is 4.79 Å². The lowest BCUT2D eigenvalue weighted by Crippen LogP contribution is -2.14. The minimum absolute atomic E-state index is 0.0915. The maximum Gasteiger partial charge on any atom is 0.248 e. The predicted molar refractivity (Wildman–Crippen MR) is 109 cm³/mol. The summed E-state index contributed by atoms with van der Waals surface area (Å²) in [5.74, 6) is -0.0915. The van der Waals surface area contributed by atoms with Gasteiger partial charge in [-0.2, -0.15) is 0 Å². The van der Waals surface area contributed by atoms with Gasteiger partial charge in [0.1, 0.15) is 0 Å². The number of nitrogens with one attached hydrogen (secondary N) is 3. The third-order valence-electron chi connectivity index (χ3n) is 4.76. The minimum atomic E-state index is -0.117. The molecule has 0 saturated carbocycles. The number of hydrogen-bond donors (Lipinski definition) is 3. The van der Waals surface area contributed by atoms with Crippen molar-refractivity contribution in [2.45, 2.75) is 26.2 Å². The molecule has 0 aliphatic carbocycles. The van der Waals surface area contributed by atoms with E-state index in [0.29, 0.717) is 5.69 Å². The van der Waals surface area contributed by atoms with Gasteiger partial charge in [0, 0.05) is 34.2 Å². The zero-order chi connectivity index (χ0) is 18.8. The zero-order valence-corrected chi connectivity index (χ0v) is 15.1. The van der Waals surface area contributed by atoms with Crippen molar-refractivity contribution in [3.63, 3.8) is 0 Å². The molecule has 0 spiro atoms. The molecule has 2 aromatic carbocycles. The lowest BCUT2D eigenvalue weighted by Gasteiger charge is -2.09. The average molecular weight is 359 g/mol. The van der Waals surface area contributed by atoms with Crippen LogP contribution in [0.25, 0.3) is 21.8 Å². The molecule has 0 atom stereocenters. The van der Waals surface area contributed by atoms with Gasteiger partial charge in [0.2, 0.25) is 11.5 Å². The van der Waals surface area contributed by atoms with E-state index in [1.54, 1.807) is 6.07 Å². The summed E-state index contributed by atoms with van der Waals surface area (Å²) >= 11 is 0. The van der Waals surface area contributed by atoms with Crippen molar-refractivity contribution in [2.24, 2.45) is 0 Å². The Hall–Kier alpha value is -3.34. The second-order valence-electron chi connectivity index (χ2n) is 6.75. The number of carbonyl (C=O) groups is 1. The van der Waals surface area contributed by atoms with Gasteiger partial charge in [-0.3, -0.25) is 9.59 Å². The standard InChI is InChI=1S/C22H21N3O2/c1-2-5-14-10-22(27)25-20-12-16(8-9-18(14)20)24-21(26)11-15-13-23-19-7-4-3-6-17(15)19/h3-4,6-10,12-13,23H,2,5,11H2,1H3,(H,24,26)(H,25,27). The van der Waals surface area contributed by atoms with E-state index in [-0.39, 0.29) is 17.9 Å². The van der Waals surface area contributed by atoms with E-state index in [9.17, 15) is 9.59 Å². The van der Waals surface area contributed by atoms with E-state index in [1.807, 2.05) is 48.7 Å². The first-order valence-electron chi connectivity index (χ1n) is 9.15. The molecule has 27 heavy (non-hydrogen) atoms. The van der Waals surface area contributed by atoms with Crippen molar-refractivity contribution in [3.8, 4) is 0 Å². The van der Waals surface area contributed by atoms with Crippen LogP contribution in [0.4, 0.5) is 5.69 Å². The predicted octanol–water partition coefficient (Wildman–Crippen LogP) is 4.14. The average Bonchev–Trinajstić information content (AvgIpc) is 3.04. The molecule has 2 aromatic heterocycles. The molecule has 0 saturated heterocycles. The number of anilines is 1. The molecule has 2 heterocycles. The fraction of sp³-hybridized carbons (Fsp3) is 0.182. The number of carbonyl (C=O) groups excluding carboxylic acids is 1. The highest BCUT2D eigenvalue weighted by Crippen LogP contribution is 2.22. The number of para-hydroxylation sites is 1. The topological polar surface area (TPSA) is 77.8 Å². The van der Waals surface area contributed by atoms with Gasteiger partial charge in [-0.1, -0.05) is 37.6 Å². The zero-order valence-electron chi connectivity index (χ0n) is 15.1. The minimum Gasteiger partial charge on any atom is -0.361 e. The van der Waals surface area contributed by atoms with Gasteiger partial charge in [0.25, 0.3) is 0 Å². The molecule has 136 valence electrons. The lowest BCUT2D eigenvalue weighted by molar-refractivity contribution is -0.115. The Morgan fingerprint density at radius 1 is 1.00 bits per heavy atom. The lowest BCUT2D eigenvalue weighted by atomic mass is 10.0. The highest BCUT2D eigenvalue weighted by molar-refractivity contribution is 5.97. The number of aromatic nitrogens is 2. The molecule has 0 unspecified atom stereocenters. The van der Waals surface area contributed by atoms with Crippen LogP contribution in [0.5, 0.6) is 0 Å². The molecule has 3 N–H and O–H groups in total. The number of rotatable bonds is 5. The van der Waals surface area contributed by atoms with Crippen molar-refractivity contribution in [1.29, 1.82) is 0 Å². The summed E-state index contributed by atoms with van der Waals surface area (Å²) < 4.78 is 0. The van der Waals surface area contributed by atoms with Crippen LogP contribution in [0.15, 0.2) is 59.5 Å². The SMILES string of the molecule is CCCc1cc(=O)[nH]c2cc(NC(=O)Cc3c[nH]c4ccccc34)ccc12. The molecule has 0 aliphatic rings. The summed E-state index contributed by atoms with van der Waals surface area (Å²) in [6.07, 6.45) is 3.99. The Balaban J connectivity index is 1.57. The van der Waals surface area contributed by atoms with Gasteiger partial charge in [-0.25, -0.2) is 0 Å².